The maximum absolute atomic E-state index is 12.8. The van der Waals surface area contributed by atoms with E-state index in [1.54, 1.807) is 12.3 Å². The minimum Gasteiger partial charge on any atom is -0.466 e. The third kappa shape index (κ3) is 4.51. The summed E-state index contributed by atoms with van der Waals surface area (Å²) in [6.07, 6.45) is 0.0948. The molecule has 6 nitrogen and oxygen atoms in total. The van der Waals surface area contributed by atoms with Crippen LogP contribution in [-0.4, -0.2) is 28.0 Å². The molecule has 1 amide bonds. The van der Waals surface area contributed by atoms with Crippen LogP contribution in [0.2, 0.25) is 0 Å². The molecule has 0 unspecified atom stereocenters. The first kappa shape index (κ1) is 20.3. The summed E-state index contributed by atoms with van der Waals surface area (Å²) in [5.41, 5.74) is 3.95. The Labute approximate surface area is 175 Å². The highest BCUT2D eigenvalue weighted by atomic mass is 79.9. The molecule has 0 saturated heterocycles. The first-order chi connectivity index (χ1) is 13.4. The number of ether oxygens (including phenoxy) is 1. The number of hydrogen-bond acceptors (Lipinski definition) is 5. The van der Waals surface area contributed by atoms with Gasteiger partial charge in [0.15, 0.2) is 5.13 Å². The maximum Gasteiger partial charge on any atom is 0.311 e. The highest BCUT2D eigenvalue weighted by molar-refractivity contribution is 9.10. The number of esters is 1. The number of halogens is 1. The predicted molar refractivity (Wildman–Crippen MR) is 113 cm³/mol. The van der Waals surface area contributed by atoms with E-state index in [0.29, 0.717) is 23.0 Å². The first-order valence-electron chi connectivity index (χ1n) is 8.75. The predicted octanol–water partition coefficient (Wildman–Crippen LogP) is 4.67. The van der Waals surface area contributed by atoms with Crippen LogP contribution in [0.4, 0.5) is 5.13 Å². The number of carbonyl (C=O) groups excluding carboxylic acids is 2. The first-order valence-corrected chi connectivity index (χ1v) is 10.4. The minimum atomic E-state index is -0.330. The zero-order chi connectivity index (χ0) is 20.3. The molecule has 0 radical (unpaired) electrons. The van der Waals surface area contributed by atoms with E-state index in [1.807, 2.05) is 48.7 Å². The van der Waals surface area contributed by atoms with Crippen molar-refractivity contribution in [1.29, 1.82) is 0 Å². The number of rotatable bonds is 6. The van der Waals surface area contributed by atoms with Crippen LogP contribution >= 0.6 is 27.3 Å². The number of aryl methyl sites for hydroxylation is 1. The van der Waals surface area contributed by atoms with Crippen LogP contribution in [0.5, 0.6) is 0 Å². The van der Waals surface area contributed by atoms with Gasteiger partial charge >= 0.3 is 5.97 Å². The van der Waals surface area contributed by atoms with Crippen LogP contribution in [0.15, 0.2) is 40.2 Å². The van der Waals surface area contributed by atoms with Crippen LogP contribution < -0.4 is 5.32 Å². The van der Waals surface area contributed by atoms with Crippen molar-refractivity contribution in [1.82, 2.24) is 9.55 Å². The van der Waals surface area contributed by atoms with Gasteiger partial charge in [0, 0.05) is 26.9 Å². The molecule has 1 aromatic carbocycles. The zero-order valence-electron chi connectivity index (χ0n) is 15.8. The molecule has 0 atom stereocenters. The van der Waals surface area contributed by atoms with E-state index in [-0.39, 0.29) is 18.3 Å². The van der Waals surface area contributed by atoms with Gasteiger partial charge in [0.1, 0.15) is 0 Å². The van der Waals surface area contributed by atoms with Gasteiger partial charge < -0.3 is 9.30 Å². The molecule has 2 aromatic heterocycles. The van der Waals surface area contributed by atoms with Crippen molar-refractivity contribution in [3.63, 3.8) is 0 Å². The molecule has 1 N–H and O–H groups in total. The van der Waals surface area contributed by atoms with Crippen LogP contribution in [-0.2, 0) is 16.0 Å². The number of nitrogens with one attached hydrogen (secondary N) is 1. The van der Waals surface area contributed by atoms with Crippen LogP contribution in [0.25, 0.3) is 5.69 Å². The minimum absolute atomic E-state index is 0.0948. The number of benzene rings is 1. The van der Waals surface area contributed by atoms with E-state index in [4.69, 9.17) is 4.74 Å². The zero-order valence-corrected chi connectivity index (χ0v) is 18.2. The second kappa shape index (κ2) is 8.70. The Morgan fingerprint density at radius 2 is 2.07 bits per heavy atom. The van der Waals surface area contributed by atoms with E-state index < -0.39 is 0 Å². The van der Waals surface area contributed by atoms with E-state index >= 15 is 0 Å². The normalized spacial score (nSPS) is 10.7. The van der Waals surface area contributed by atoms with Crippen molar-refractivity contribution < 1.29 is 14.3 Å². The smallest absolute Gasteiger partial charge is 0.311 e. The topological polar surface area (TPSA) is 73.2 Å². The second-order valence-electron chi connectivity index (χ2n) is 6.18. The van der Waals surface area contributed by atoms with E-state index in [2.05, 4.69) is 26.2 Å². The fourth-order valence-corrected chi connectivity index (χ4v) is 4.07. The average molecular weight is 462 g/mol. The average Bonchev–Trinajstić information content (AvgIpc) is 3.18. The molecule has 0 aliphatic rings. The van der Waals surface area contributed by atoms with Gasteiger partial charge in [-0.3, -0.25) is 14.9 Å². The third-order valence-electron chi connectivity index (χ3n) is 4.15. The van der Waals surface area contributed by atoms with Gasteiger partial charge in [-0.05, 0) is 45.0 Å². The Kier molecular flexibility index (Phi) is 6.31. The molecule has 2 heterocycles. The van der Waals surface area contributed by atoms with Crippen molar-refractivity contribution in [2.24, 2.45) is 0 Å². The van der Waals surface area contributed by atoms with E-state index in [0.717, 1.165) is 21.5 Å². The number of amides is 1. The van der Waals surface area contributed by atoms with Gasteiger partial charge in [-0.2, -0.15) is 0 Å². The van der Waals surface area contributed by atoms with Crippen molar-refractivity contribution in [3.05, 3.63) is 62.8 Å². The largest absolute Gasteiger partial charge is 0.466 e. The summed E-state index contributed by atoms with van der Waals surface area (Å²) in [5.74, 6) is -0.561. The Morgan fingerprint density at radius 3 is 2.79 bits per heavy atom. The van der Waals surface area contributed by atoms with Gasteiger partial charge in [-0.1, -0.05) is 22.0 Å². The summed E-state index contributed by atoms with van der Waals surface area (Å²) in [6, 6.07) is 9.78. The van der Waals surface area contributed by atoms with Crippen LogP contribution in [0.1, 0.15) is 34.4 Å². The van der Waals surface area contributed by atoms with Crippen molar-refractivity contribution in [2.75, 3.05) is 11.9 Å². The Balaban J connectivity index is 1.78. The third-order valence-corrected chi connectivity index (χ3v) is 5.44. The standard InChI is InChI=1S/C20H20BrN3O3S/c1-4-27-18(25)10-15-11-28-20(22-15)23-19(26)17-8-12(2)24(13(17)3)16-7-5-6-14(21)9-16/h5-9,11H,4,10H2,1-3H3,(H,22,23,26). The fourth-order valence-electron chi connectivity index (χ4n) is 2.98. The molecule has 8 heteroatoms. The Bertz CT molecular complexity index is 1030. The molecule has 0 aliphatic heterocycles. The van der Waals surface area contributed by atoms with Crippen molar-refractivity contribution in [3.8, 4) is 5.69 Å². The molecule has 146 valence electrons. The lowest BCUT2D eigenvalue weighted by atomic mass is 10.2. The second-order valence-corrected chi connectivity index (χ2v) is 7.95. The van der Waals surface area contributed by atoms with Crippen LogP contribution in [0, 0.1) is 13.8 Å². The number of carbonyl (C=O) groups is 2. The fraction of sp³-hybridized carbons (Fsp3) is 0.250. The summed E-state index contributed by atoms with van der Waals surface area (Å²) in [4.78, 5) is 28.6. The monoisotopic (exact) mass is 461 g/mol. The van der Waals surface area contributed by atoms with Gasteiger partial charge in [0.25, 0.3) is 5.91 Å². The van der Waals surface area contributed by atoms with E-state index in [9.17, 15) is 9.59 Å². The lowest BCUT2D eigenvalue weighted by molar-refractivity contribution is -0.142. The van der Waals surface area contributed by atoms with Crippen LogP contribution in [0.3, 0.4) is 0 Å². The molecular weight excluding hydrogens is 442 g/mol. The van der Waals surface area contributed by atoms with Gasteiger partial charge in [-0.25, -0.2) is 4.98 Å². The highest BCUT2D eigenvalue weighted by Crippen LogP contribution is 2.24. The summed E-state index contributed by atoms with van der Waals surface area (Å²) in [5, 5.41) is 5.02. The Morgan fingerprint density at radius 1 is 1.29 bits per heavy atom. The summed E-state index contributed by atoms with van der Waals surface area (Å²) < 4.78 is 7.93. The highest BCUT2D eigenvalue weighted by Gasteiger charge is 2.18. The SMILES string of the molecule is CCOC(=O)Cc1csc(NC(=O)c2cc(C)n(-c3cccc(Br)c3)c2C)n1. The van der Waals surface area contributed by atoms with E-state index in [1.165, 1.54) is 11.3 Å². The van der Waals surface area contributed by atoms with Gasteiger partial charge in [0.2, 0.25) is 0 Å². The molecular formula is C20H20BrN3O3S. The molecule has 3 aromatic rings. The summed E-state index contributed by atoms with van der Waals surface area (Å²) in [7, 11) is 0. The molecule has 0 spiro atoms. The number of anilines is 1. The molecule has 28 heavy (non-hydrogen) atoms. The van der Waals surface area contributed by atoms with Crippen molar-refractivity contribution >= 4 is 44.3 Å². The molecule has 0 aliphatic carbocycles. The molecule has 0 bridgehead atoms. The number of nitrogens with zero attached hydrogens (tertiary/aromatic N) is 2. The lowest BCUT2D eigenvalue weighted by Gasteiger charge is -2.10. The number of thiazole rings is 1. The molecule has 0 fully saturated rings. The molecule has 3 rings (SSSR count). The Hall–Kier alpha value is -2.45. The summed E-state index contributed by atoms with van der Waals surface area (Å²) in [6.45, 7) is 5.97. The summed E-state index contributed by atoms with van der Waals surface area (Å²) >= 11 is 4.77. The van der Waals surface area contributed by atoms with Crippen molar-refractivity contribution in [2.45, 2.75) is 27.2 Å². The van der Waals surface area contributed by atoms with Gasteiger partial charge in [0.05, 0.1) is 24.3 Å². The number of hydrogen-bond donors (Lipinski definition) is 1. The quantitative estimate of drug-likeness (QED) is 0.541. The number of aromatic nitrogens is 2. The van der Waals surface area contributed by atoms with Gasteiger partial charge in [-0.15, -0.1) is 11.3 Å². The lowest BCUT2D eigenvalue weighted by Crippen LogP contribution is -2.13. The maximum atomic E-state index is 12.8. The molecule has 0 saturated carbocycles.